The lowest BCUT2D eigenvalue weighted by molar-refractivity contribution is 0.102. The Labute approximate surface area is 121 Å². The van der Waals surface area contributed by atoms with Gasteiger partial charge in [0, 0.05) is 17.3 Å². The van der Waals surface area contributed by atoms with E-state index >= 15 is 0 Å². The normalized spacial score (nSPS) is 9.76. The van der Waals surface area contributed by atoms with Crippen LogP contribution in [0.25, 0.3) is 0 Å². The minimum absolute atomic E-state index is 0.0689. The summed E-state index contributed by atoms with van der Waals surface area (Å²) in [4.78, 5) is 12.0. The molecule has 0 saturated carbocycles. The van der Waals surface area contributed by atoms with Crippen LogP contribution >= 0.6 is 0 Å². The fraction of sp³-hybridized carbons (Fsp3) is 0.125. The summed E-state index contributed by atoms with van der Waals surface area (Å²) in [5.74, 6) is -0.357. The molecule has 4 nitrogen and oxygen atoms in total. The summed E-state index contributed by atoms with van der Waals surface area (Å²) < 4.78 is 18.6. The van der Waals surface area contributed by atoms with Gasteiger partial charge in [-0.25, -0.2) is 4.39 Å². The highest BCUT2D eigenvalue weighted by atomic mass is 19.1. The van der Waals surface area contributed by atoms with Gasteiger partial charge in [0.25, 0.3) is 5.91 Å². The van der Waals surface area contributed by atoms with Gasteiger partial charge in [0.2, 0.25) is 0 Å². The number of nitrogens with one attached hydrogen (secondary N) is 1. The van der Waals surface area contributed by atoms with E-state index < -0.39 is 11.7 Å². The number of amides is 1. The smallest absolute Gasteiger partial charge is 0.255 e. The van der Waals surface area contributed by atoms with Gasteiger partial charge >= 0.3 is 0 Å². The van der Waals surface area contributed by atoms with E-state index in [0.29, 0.717) is 17.0 Å². The number of halogens is 1. The maximum Gasteiger partial charge on any atom is 0.255 e. The first-order valence-electron chi connectivity index (χ1n) is 6.27. The lowest BCUT2D eigenvalue weighted by Gasteiger charge is -2.08. The molecule has 0 spiro atoms. The Morgan fingerprint density at radius 1 is 1.33 bits per heavy atom. The molecule has 5 heteroatoms. The zero-order valence-corrected chi connectivity index (χ0v) is 11.4. The second-order valence-electron chi connectivity index (χ2n) is 4.39. The summed E-state index contributed by atoms with van der Waals surface area (Å²) in [5.41, 5.74) is 1.23. The summed E-state index contributed by atoms with van der Waals surface area (Å²) in [7, 11) is 0. The molecule has 2 aromatic rings. The molecular weight excluding hydrogens is 271 g/mol. The van der Waals surface area contributed by atoms with Crippen molar-refractivity contribution < 1.29 is 13.9 Å². The molecule has 1 amide bonds. The minimum Gasteiger partial charge on any atom is -0.479 e. The van der Waals surface area contributed by atoms with E-state index in [1.54, 1.807) is 43.3 Å². The Kier molecular flexibility index (Phi) is 4.52. The molecule has 2 aromatic carbocycles. The van der Waals surface area contributed by atoms with Crippen LogP contribution in [0, 0.1) is 24.1 Å². The Balaban J connectivity index is 2.12. The molecule has 0 radical (unpaired) electrons. The van der Waals surface area contributed by atoms with Crippen LogP contribution in [-0.2, 0) is 0 Å². The molecule has 0 bridgehead atoms. The van der Waals surface area contributed by atoms with Gasteiger partial charge in [0.1, 0.15) is 17.6 Å². The highest BCUT2D eigenvalue weighted by Crippen LogP contribution is 2.18. The van der Waals surface area contributed by atoms with Crippen molar-refractivity contribution in [2.75, 3.05) is 11.9 Å². The topological polar surface area (TPSA) is 62.1 Å². The van der Waals surface area contributed by atoms with E-state index in [2.05, 4.69) is 5.32 Å². The van der Waals surface area contributed by atoms with Crippen LogP contribution in [0.3, 0.4) is 0 Å². The number of hydrogen-bond acceptors (Lipinski definition) is 3. The van der Waals surface area contributed by atoms with Crippen molar-refractivity contribution in [1.82, 2.24) is 0 Å². The molecule has 0 aliphatic rings. The van der Waals surface area contributed by atoms with Crippen LogP contribution in [0.5, 0.6) is 5.75 Å². The second kappa shape index (κ2) is 6.53. The number of rotatable bonds is 4. The largest absolute Gasteiger partial charge is 0.479 e. The van der Waals surface area contributed by atoms with Gasteiger partial charge in [-0.15, -0.1) is 0 Å². The minimum atomic E-state index is -0.422. The van der Waals surface area contributed by atoms with Crippen molar-refractivity contribution in [2.45, 2.75) is 6.92 Å². The number of nitriles is 1. The lowest BCUT2D eigenvalue weighted by atomic mass is 10.1. The van der Waals surface area contributed by atoms with Crippen LogP contribution in [0.4, 0.5) is 10.1 Å². The quantitative estimate of drug-likeness (QED) is 0.937. The standard InChI is InChI=1S/C16H13FN2O2/c1-11-5-6-12(9-15(11)17)16(20)19-13-3-2-4-14(10-13)21-8-7-18/h2-6,9-10H,8H2,1H3,(H,19,20). The molecule has 0 heterocycles. The summed E-state index contributed by atoms with van der Waals surface area (Å²) in [6.45, 7) is 1.56. The predicted molar refractivity (Wildman–Crippen MR) is 76.6 cm³/mol. The summed E-state index contributed by atoms with van der Waals surface area (Å²) >= 11 is 0. The molecule has 0 aromatic heterocycles. The van der Waals surface area contributed by atoms with Crippen LogP contribution < -0.4 is 10.1 Å². The first-order valence-corrected chi connectivity index (χ1v) is 6.27. The molecule has 0 aliphatic heterocycles. The van der Waals surface area contributed by atoms with Gasteiger partial charge < -0.3 is 10.1 Å². The monoisotopic (exact) mass is 284 g/mol. The maximum absolute atomic E-state index is 13.5. The number of carbonyl (C=O) groups is 1. The van der Waals surface area contributed by atoms with Crippen molar-refractivity contribution in [3.8, 4) is 11.8 Å². The van der Waals surface area contributed by atoms with Gasteiger partial charge in [-0.1, -0.05) is 12.1 Å². The first-order chi connectivity index (χ1) is 10.1. The third-order valence-corrected chi connectivity index (χ3v) is 2.83. The number of carbonyl (C=O) groups excluding carboxylic acids is 1. The lowest BCUT2D eigenvalue weighted by Crippen LogP contribution is -2.12. The molecule has 0 unspecified atom stereocenters. The molecule has 0 atom stereocenters. The molecule has 0 aliphatic carbocycles. The van der Waals surface area contributed by atoms with Gasteiger partial charge in [-0.3, -0.25) is 4.79 Å². The van der Waals surface area contributed by atoms with Gasteiger partial charge in [0.15, 0.2) is 6.61 Å². The van der Waals surface area contributed by atoms with E-state index in [-0.39, 0.29) is 12.2 Å². The molecule has 106 valence electrons. The number of benzene rings is 2. The Morgan fingerprint density at radius 2 is 2.14 bits per heavy atom. The van der Waals surface area contributed by atoms with Crippen molar-refractivity contribution in [3.63, 3.8) is 0 Å². The number of ether oxygens (including phenoxy) is 1. The molecule has 21 heavy (non-hydrogen) atoms. The van der Waals surface area contributed by atoms with Crippen LogP contribution in [-0.4, -0.2) is 12.5 Å². The molecule has 2 rings (SSSR count). The number of hydrogen-bond donors (Lipinski definition) is 1. The molecule has 0 fully saturated rings. The summed E-state index contributed by atoms with van der Waals surface area (Å²) in [5, 5.41) is 11.1. The first kappa shape index (κ1) is 14.5. The van der Waals surface area contributed by atoms with Gasteiger partial charge in [-0.2, -0.15) is 5.26 Å². The Morgan fingerprint density at radius 3 is 2.86 bits per heavy atom. The Bertz CT molecular complexity index is 708. The van der Waals surface area contributed by atoms with Crippen molar-refractivity contribution in [1.29, 1.82) is 5.26 Å². The van der Waals surface area contributed by atoms with Crippen LogP contribution in [0.1, 0.15) is 15.9 Å². The average Bonchev–Trinajstić information content (AvgIpc) is 2.48. The van der Waals surface area contributed by atoms with Crippen LogP contribution in [0.2, 0.25) is 0 Å². The second-order valence-corrected chi connectivity index (χ2v) is 4.39. The molecule has 1 N–H and O–H groups in total. The number of nitrogens with zero attached hydrogens (tertiary/aromatic N) is 1. The van der Waals surface area contributed by atoms with Crippen molar-refractivity contribution in [3.05, 3.63) is 59.4 Å². The third kappa shape index (κ3) is 3.80. The van der Waals surface area contributed by atoms with Crippen LogP contribution in [0.15, 0.2) is 42.5 Å². The van der Waals surface area contributed by atoms with Gasteiger partial charge in [0.05, 0.1) is 0 Å². The highest BCUT2D eigenvalue weighted by Gasteiger charge is 2.09. The van der Waals surface area contributed by atoms with E-state index in [1.807, 2.05) is 6.07 Å². The number of aryl methyl sites for hydroxylation is 1. The zero-order chi connectivity index (χ0) is 15.2. The Hall–Kier alpha value is -2.87. The van der Waals surface area contributed by atoms with E-state index in [9.17, 15) is 9.18 Å². The average molecular weight is 284 g/mol. The highest BCUT2D eigenvalue weighted by molar-refractivity contribution is 6.04. The predicted octanol–water partition coefficient (Wildman–Crippen LogP) is 3.29. The third-order valence-electron chi connectivity index (χ3n) is 2.83. The summed E-state index contributed by atoms with van der Waals surface area (Å²) in [6, 6.07) is 12.8. The van der Waals surface area contributed by atoms with Gasteiger partial charge in [-0.05, 0) is 36.8 Å². The number of anilines is 1. The molecule has 0 saturated heterocycles. The molecular formula is C16H13FN2O2. The van der Waals surface area contributed by atoms with Crippen molar-refractivity contribution >= 4 is 11.6 Å². The fourth-order valence-corrected chi connectivity index (χ4v) is 1.72. The SMILES string of the molecule is Cc1ccc(C(=O)Nc2cccc(OCC#N)c2)cc1F. The fourth-order valence-electron chi connectivity index (χ4n) is 1.72. The summed E-state index contributed by atoms with van der Waals surface area (Å²) in [6.07, 6.45) is 0. The van der Waals surface area contributed by atoms with E-state index in [0.717, 1.165) is 0 Å². The zero-order valence-electron chi connectivity index (χ0n) is 11.4. The van der Waals surface area contributed by atoms with E-state index in [4.69, 9.17) is 10.00 Å². The van der Waals surface area contributed by atoms with Crippen molar-refractivity contribution in [2.24, 2.45) is 0 Å². The maximum atomic E-state index is 13.5. The van der Waals surface area contributed by atoms with E-state index in [1.165, 1.54) is 6.07 Å².